The summed E-state index contributed by atoms with van der Waals surface area (Å²) in [6, 6.07) is 6.01. The molecule has 0 saturated carbocycles. The van der Waals surface area contributed by atoms with E-state index in [1.807, 2.05) is 0 Å². The molecule has 1 aromatic carbocycles. The topological polar surface area (TPSA) is 99.9 Å². The lowest BCUT2D eigenvalue weighted by molar-refractivity contribution is -0.384. The number of anilines is 1. The highest BCUT2D eigenvalue weighted by atomic mass is 16.6. The van der Waals surface area contributed by atoms with Gasteiger partial charge >= 0.3 is 0 Å². The molecule has 1 aromatic heterocycles. The molecule has 0 saturated heterocycles. The van der Waals surface area contributed by atoms with Gasteiger partial charge in [0.2, 0.25) is 5.95 Å². The molecule has 2 rings (SSSR count). The number of nitro groups is 1. The highest BCUT2D eigenvalue weighted by Crippen LogP contribution is 2.15. The molecular formula is C9H9N5O2. The summed E-state index contributed by atoms with van der Waals surface area (Å²) < 4.78 is 1.53. The first-order valence-corrected chi connectivity index (χ1v) is 4.52. The number of hydrogen-bond acceptors (Lipinski definition) is 5. The molecular weight excluding hydrogens is 210 g/mol. The molecule has 0 fully saturated rings. The van der Waals surface area contributed by atoms with Gasteiger partial charge in [-0.1, -0.05) is 0 Å². The van der Waals surface area contributed by atoms with Gasteiger partial charge < -0.3 is 5.73 Å². The van der Waals surface area contributed by atoms with Gasteiger partial charge in [0.1, 0.15) is 5.82 Å². The Morgan fingerprint density at radius 1 is 1.38 bits per heavy atom. The molecule has 0 unspecified atom stereocenters. The normalized spacial score (nSPS) is 10.3. The van der Waals surface area contributed by atoms with Crippen LogP contribution in [-0.2, 0) is 0 Å². The van der Waals surface area contributed by atoms with Crippen molar-refractivity contribution in [1.82, 2.24) is 14.8 Å². The SMILES string of the molecule is Cc1nc(N)nn1-c1ccc([N+](=O)[O-])cc1. The first-order chi connectivity index (χ1) is 7.58. The number of nitro benzene ring substituents is 1. The van der Waals surface area contributed by atoms with E-state index in [0.29, 0.717) is 11.5 Å². The molecule has 7 nitrogen and oxygen atoms in total. The van der Waals surface area contributed by atoms with E-state index in [-0.39, 0.29) is 11.6 Å². The summed E-state index contributed by atoms with van der Waals surface area (Å²) in [5.41, 5.74) is 6.17. The fourth-order valence-corrected chi connectivity index (χ4v) is 1.37. The standard InChI is InChI=1S/C9H9N5O2/c1-6-11-9(10)12-13(6)7-2-4-8(5-3-7)14(15)16/h2-5H,1H3,(H2,10,12). The predicted molar refractivity (Wildman–Crippen MR) is 57.2 cm³/mol. The second-order valence-corrected chi connectivity index (χ2v) is 3.20. The molecule has 2 N–H and O–H groups in total. The van der Waals surface area contributed by atoms with Gasteiger partial charge in [-0.05, 0) is 19.1 Å². The first kappa shape index (κ1) is 10.1. The summed E-state index contributed by atoms with van der Waals surface area (Å²) in [6.07, 6.45) is 0. The lowest BCUT2D eigenvalue weighted by atomic mass is 10.3. The molecule has 0 aliphatic heterocycles. The number of aromatic nitrogens is 3. The van der Waals surface area contributed by atoms with E-state index in [0.717, 1.165) is 0 Å². The third-order valence-electron chi connectivity index (χ3n) is 2.09. The van der Waals surface area contributed by atoms with E-state index < -0.39 is 4.92 Å². The minimum atomic E-state index is -0.452. The molecule has 0 spiro atoms. The highest BCUT2D eigenvalue weighted by molar-refractivity contribution is 5.41. The Kier molecular flexibility index (Phi) is 2.28. The zero-order valence-corrected chi connectivity index (χ0v) is 8.49. The third kappa shape index (κ3) is 1.70. The van der Waals surface area contributed by atoms with Crippen LogP contribution in [0.25, 0.3) is 5.69 Å². The number of non-ortho nitro benzene ring substituents is 1. The minimum absolute atomic E-state index is 0.0366. The first-order valence-electron chi connectivity index (χ1n) is 4.52. The number of hydrogen-bond donors (Lipinski definition) is 1. The maximum atomic E-state index is 10.5. The van der Waals surface area contributed by atoms with Gasteiger partial charge in [-0.2, -0.15) is 4.98 Å². The van der Waals surface area contributed by atoms with Crippen molar-refractivity contribution in [3.63, 3.8) is 0 Å². The average Bonchev–Trinajstić information content (AvgIpc) is 2.58. The summed E-state index contributed by atoms with van der Waals surface area (Å²) in [6.45, 7) is 1.75. The third-order valence-corrected chi connectivity index (χ3v) is 2.09. The van der Waals surface area contributed by atoms with Crippen molar-refractivity contribution in [2.75, 3.05) is 5.73 Å². The van der Waals surface area contributed by atoms with Crippen LogP contribution in [0.1, 0.15) is 5.82 Å². The molecule has 2 aromatic rings. The van der Waals surface area contributed by atoms with Gasteiger partial charge in [0.15, 0.2) is 0 Å². The Bertz CT molecular complexity index is 531. The Labute approximate surface area is 90.7 Å². The minimum Gasteiger partial charge on any atom is -0.366 e. The predicted octanol–water partition coefficient (Wildman–Crippen LogP) is 1.07. The van der Waals surface area contributed by atoms with Crippen LogP contribution in [0, 0.1) is 17.0 Å². The fraction of sp³-hybridized carbons (Fsp3) is 0.111. The molecule has 0 aliphatic carbocycles. The largest absolute Gasteiger partial charge is 0.366 e. The quantitative estimate of drug-likeness (QED) is 0.601. The van der Waals surface area contributed by atoms with E-state index in [1.165, 1.54) is 16.8 Å². The Balaban J connectivity index is 2.42. The summed E-state index contributed by atoms with van der Waals surface area (Å²) >= 11 is 0. The van der Waals surface area contributed by atoms with Gasteiger partial charge in [-0.3, -0.25) is 10.1 Å². The van der Waals surface area contributed by atoms with Crippen molar-refractivity contribution in [1.29, 1.82) is 0 Å². The van der Waals surface area contributed by atoms with Gasteiger partial charge in [-0.25, -0.2) is 4.68 Å². The molecule has 82 valence electrons. The molecule has 0 amide bonds. The molecule has 16 heavy (non-hydrogen) atoms. The van der Waals surface area contributed by atoms with Crippen LogP contribution in [0.2, 0.25) is 0 Å². The number of rotatable bonds is 2. The molecule has 0 radical (unpaired) electrons. The van der Waals surface area contributed by atoms with Gasteiger partial charge in [0, 0.05) is 12.1 Å². The molecule has 7 heteroatoms. The Morgan fingerprint density at radius 3 is 2.44 bits per heavy atom. The van der Waals surface area contributed by atoms with Crippen molar-refractivity contribution in [2.24, 2.45) is 0 Å². The van der Waals surface area contributed by atoms with Crippen LogP contribution >= 0.6 is 0 Å². The Hall–Kier alpha value is -2.44. The second-order valence-electron chi connectivity index (χ2n) is 3.20. The fourth-order valence-electron chi connectivity index (χ4n) is 1.37. The average molecular weight is 219 g/mol. The summed E-state index contributed by atoms with van der Waals surface area (Å²) in [4.78, 5) is 14.0. The maximum Gasteiger partial charge on any atom is 0.269 e. The Morgan fingerprint density at radius 2 is 2.00 bits per heavy atom. The van der Waals surface area contributed by atoms with Crippen molar-refractivity contribution in [3.8, 4) is 5.69 Å². The zero-order valence-electron chi connectivity index (χ0n) is 8.49. The van der Waals surface area contributed by atoms with E-state index in [9.17, 15) is 10.1 Å². The van der Waals surface area contributed by atoms with Crippen LogP contribution in [0.15, 0.2) is 24.3 Å². The number of nitrogen functional groups attached to an aromatic ring is 1. The number of benzene rings is 1. The summed E-state index contributed by atoms with van der Waals surface area (Å²) in [7, 11) is 0. The molecule has 0 aliphatic rings. The smallest absolute Gasteiger partial charge is 0.269 e. The highest BCUT2D eigenvalue weighted by Gasteiger charge is 2.08. The summed E-state index contributed by atoms with van der Waals surface area (Å²) in [5.74, 6) is 0.808. The zero-order chi connectivity index (χ0) is 11.7. The van der Waals surface area contributed by atoms with Crippen molar-refractivity contribution in [2.45, 2.75) is 6.92 Å². The van der Waals surface area contributed by atoms with Gasteiger partial charge in [0.05, 0.1) is 10.6 Å². The number of aryl methyl sites for hydroxylation is 1. The summed E-state index contributed by atoms with van der Waals surface area (Å²) in [5, 5.41) is 14.4. The van der Waals surface area contributed by atoms with Crippen LogP contribution in [0.5, 0.6) is 0 Å². The van der Waals surface area contributed by atoms with Crippen LogP contribution in [0.4, 0.5) is 11.6 Å². The lowest BCUT2D eigenvalue weighted by Gasteiger charge is -2.01. The van der Waals surface area contributed by atoms with Gasteiger partial charge in [0.25, 0.3) is 5.69 Å². The van der Waals surface area contributed by atoms with E-state index >= 15 is 0 Å². The molecule has 0 atom stereocenters. The lowest BCUT2D eigenvalue weighted by Crippen LogP contribution is -1.99. The van der Waals surface area contributed by atoms with E-state index in [1.54, 1.807) is 19.1 Å². The van der Waals surface area contributed by atoms with Crippen LogP contribution in [0.3, 0.4) is 0 Å². The van der Waals surface area contributed by atoms with Crippen molar-refractivity contribution < 1.29 is 4.92 Å². The van der Waals surface area contributed by atoms with E-state index in [2.05, 4.69) is 10.1 Å². The van der Waals surface area contributed by atoms with E-state index in [4.69, 9.17) is 5.73 Å². The van der Waals surface area contributed by atoms with Crippen LogP contribution in [-0.4, -0.2) is 19.7 Å². The van der Waals surface area contributed by atoms with Crippen LogP contribution < -0.4 is 5.73 Å². The monoisotopic (exact) mass is 219 g/mol. The molecule has 1 heterocycles. The number of nitrogens with two attached hydrogens (primary N) is 1. The maximum absolute atomic E-state index is 10.5. The second kappa shape index (κ2) is 3.61. The van der Waals surface area contributed by atoms with Crippen molar-refractivity contribution in [3.05, 3.63) is 40.2 Å². The van der Waals surface area contributed by atoms with Gasteiger partial charge in [-0.15, -0.1) is 5.10 Å². The molecule has 0 bridgehead atoms. The number of nitrogens with zero attached hydrogens (tertiary/aromatic N) is 4. The van der Waals surface area contributed by atoms with Crippen molar-refractivity contribution >= 4 is 11.6 Å².